The Morgan fingerprint density at radius 2 is 1.43 bits per heavy atom. The molecule has 0 N–H and O–H groups in total. The average molecular weight is 487 g/mol. The molecule has 6 rings (SSSR count). The maximum atomic E-state index is 6.25. The molecule has 6 aromatic rings. The van der Waals surface area contributed by atoms with E-state index < -0.39 is 0 Å². The van der Waals surface area contributed by atoms with Gasteiger partial charge in [0.25, 0.3) is 0 Å². The maximum Gasteiger partial charge on any atom is 0.227 e. The highest BCUT2D eigenvalue weighted by molar-refractivity contribution is 6.08. The third-order valence-electron chi connectivity index (χ3n) is 6.98. The number of imidazole rings is 1. The number of furan rings is 1. The SMILES string of the molecule is Cc1ccc2c(n1)oc1c(-c3cccc(-c4nccn4-c4c(C(C)C)cccc4C(C)C)n3)cccc12. The summed E-state index contributed by atoms with van der Waals surface area (Å²) in [6, 6.07) is 23.0. The van der Waals surface area contributed by atoms with Crippen LogP contribution < -0.4 is 0 Å². The lowest BCUT2D eigenvalue weighted by atomic mass is 9.92. The second-order valence-corrected chi connectivity index (χ2v) is 10.2. The van der Waals surface area contributed by atoms with Crippen molar-refractivity contribution in [3.63, 3.8) is 0 Å². The van der Waals surface area contributed by atoms with Crippen LogP contribution in [0.3, 0.4) is 0 Å². The van der Waals surface area contributed by atoms with Crippen LogP contribution in [0.4, 0.5) is 0 Å². The highest BCUT2D eigenvalue weighted by Gasteiger charge is 2.20. The largest absolute Gasteiger partial charge is 0.437 e. The van der Waals surface area contributed by atoms with E-state index in [1.54, 1.807) is 0 Å². The van der Waals surface area contributed by atoms with Crippen LogP contribution in [0.1, 0.15) is 56.4 Å². The molecular formula is C32H30N4O. The molecule has 0 aliphatic carbocycles. The molecule has 184 valence electrons. The summed E-state index contributed by atoms with van der Waals surface area (Å²) in [6.45, 7) is 10.9. The summed E-state index contributed by atoms with van der Waals surface area (Å²) in [7, 11) is 0. The molecule has 37 heavy (non-hydrogen) atoms. The predicted molar refractivity (Wildman–Crippen MR) is 150 cm³/mol. The van der Waals surface area contributed by atoms with Crippen LogP contribution >= 0.6 is 0 Å². The molecule has 2 aromatic carbocycles. The first-order valence-electron chi connectivity index (χ1n) is 12.9. The Hall–Kier alpha value is -4.25. The van der Waals surface area contributed by atoms with Crippen LogP contribution in [0.5, 0.6) is 0 Å². The summed E-state index contributed by atoms with van der Waals surface area (Å²) in [5, 5.41) is 2.06. The molecule has 5 heteroatoms. The van der Waals surface area contributed by atoms with Gasteiger partial charge in [-0.25, -0.2) is 15.0 Å². The van der Waals surface area contributed by atoms with E-state index in [4.69, 9.17) is 14.4 Å². The van der Waals surface area contributed by atoms with E-state index in [9.17, 15) is 0 Å². The quantitative estimate of drug-likeness (QED) is 0.245. The summed E-state index contributed by atoms with van der Waals surface area (Å²) in [4.78, 5) is 14.5. The minimum absolute atomic E-state index is 0.381. The minimum atomic E-state index is 0.381. The fourth-order valence-corrected chi connectivity index (χ4v) is 5.15. The number of benzene rings is 2. The van der Waals surface area contributed by atoms with Gasteiger partial charge in [0.1, 0.15) is 11.3 Å². The average Bonchev–Trinajstić information content (AvgIpc) is 3.52. The highest BCUT2D eigenvalue weighted by Crippen LogP contribution is 2.36. The van der Waals surface area contributed by atoms with E-state index in [1.807, 2.05) is 43.6 Å². The van der Waals surface area contributed by atoms with Gasteiger partial charge >= 0.3 is 0 Å². The molecule has 0 saturated carbocycles. The van der Waals surface area contributed by atoms with Crippen molar-refractivity contribution in [2.45, 2.75) is 46.5 Å². The molecule has 0 radical (unpaired) electrons. The standard InChI is InChI=1S/C32H30N4O/c1-19(2)22-9-6-10-23(20(3)4)29(22)36-18-17-33-31(36)28-14-8-13-27(35-28)26-12-7-11-24-25-16-15-21(5)34-32(25)37-30(24)26/h6-20H,1-5H3. The van der Waals surface area contributed by atoms with Gasteiger partial charge in [-0.3, -0.25) is 4.57 Å². The monoisotopic (exact) mass is 486 g/mol. The number of pyridine rings is 2. The Balaban J connectivity index is 1.52. The first-order valence-corrected chi connectivity index (χ1v) is 12.9. The van der Waals surface area contributed by atoms with Crippen molar-refractivity contribution in [2.75, 3.05) is 0 Å². The van der Waals surface area contributed by atoms with E-state index in [0.29, 0.717) is 17.5 Å². The van der Waals surface area contributed by atoms with Gasteiger partial charge in [-0.15, -0.1) is 0 Å². The second-order valence-electron chi connectivity index (χ2n) is 10.2. The molecule has 4 aromatic heterocycles. The summed E-state index contributed by atoms with van der Waals surface area (Å²) in [5.74, 6) is 1.59. The summed E-state index contributed by atoms with van der Waals surface area (Å²) < 4.78 is 8.45. The zero-order valence-electron chi connectivity index (χ0n) is 21.9. The molecule has 0 fully saturated rings. The molecule has 4 heterocycles. The topological polar surface area (TPSA) is 56.7 Å². The Morgan fingerprint density at radius 1 is 0.730 bits per heavy atom. The van der Waals surface area contributed by atoms with Crippen LogP contribution in [0.25, 0.3) is 50.5 Å². The van der Waals surface area contributed by atoms with Gasteiger partial charge in [-0.2, -0.15) is 0 Å². The number of hydrogen-bond donors (Lipinski definition) is 0. The lowest BCUT2D eigenvalue weighted by molar-refractivity contribution is 0.653. The number of nitrogens with zero attached hydrogens (tertiary/aromatic N) is 4. The molecule has 0 aliphatic heterocycles. The zero-order valence-corrected chi connectivity index (χ0v) is 21.9. The number of para-hydroxylation sites is 2. The van der Waals surface area contributed by atoms with Gasteiger partial charge in [0, 0.05) is 34.4 Å². The van der Waals surface area contributed by atoms with E-state index in [2.05, 4.69) is 79.7 Å². The van der Waals surface area contributed by atoms with E-state index >= 15 is 0 Å². The number of aromatic nitrogens is 4. The Kier molecular flexibility index (Phi) is 5.64. The Bertz CT molecular complexity index is 1730. The molecular weight excluding hydrogens is 456 g/mol. The number of hydrogen-bond acceptors (Lipinski definition) is 4. The lowest BCUT2D eigenvalue weighted by Gasteiger charge is -2.21. The third kappa shape index (κ3) is 3.91. The Morgan fingerprint density at radius 3 is 2.19 bits per heavy atom. The van der Waals surface area contributed by atoms with Crippen LogP contribution in [0.15, 0.2) is 83.5 Å². The molecule has 0 spiro atoms. The zero-order chi connectivity index (χ0) is 25.7. The van der Waals surface area contributed by atoms with Crippen LogP contribution in [-0.4, -0.2) is 19.5 Å². The molecule has 0 bridgehead atoms. The maximum absolute atomic E-state index is 6.25. The van der Waals surface area contributed by atoms with Crippen LogP contribution in [0, 0.1) is 6.92 Å². The minimum Gasteiger partial charge on any atom is -0.437 e. The van der Waals surface area contributed by atoms with Crippen molar-refractivity contribution in [2.24, 2.45) is 0 Å². The smallest absolute Gasteiger partial charge is 0.227 e. The van der Waals surface area contributed by atoms with Gasteiger partial charge < -0.3 is 4.42 Å². The Labute approximate surface area is 216 Å². The van der Waals surface area contributed by atoms with E-state index in [-0.39, 0.29) is 0 Å². The van der Waals surface area contributed by atoms with Gasteiger partial charge in [-0.05, 0) is 60.2 Å². The fourth-order valence-electron chi connectivity index (χ4n) is 5.15. The van der Waals surface area contributed by atoms with Gasteiger partial charge in [0.15, 0.2) is 5.82 Å². The third-order valence-corrected chi connectivity index (χ3v) is 6.98. The van der Waals surface area contributed by atoms with Crippen LogP contribution in [0.2, 0.25) is 0 Å². The summed E-state index contributed by atoms with van der Waals surface area (Å²) in [6.07, 6.45) is 3.91. The molecule has 0 aliphatic rings. The molecule has 5 nitrogen and oxygen atoms in total. The van der Waals surface area contributed by atoms with E-state index in [1.165, 1.54) is 16.8 Å². The summed E-state index contributed by atoms with van der Waals surface area (Å²) in [5.41, 5.74) is 8.80. The molecule has 0 saturated heterocycles. The van der Waals surface area contributed by atoms with Gasteiger partial charge in [0.05, 0.1) is 11.4 Å². The molecule has 0 atom stereocenters. The van der Waals surface area contributed by atoms with Crippen molar-refractivity contribution in [1.82, 2.24) is 19.5 Å². The first-order chi connectivity index (χ1) is 17.9. The van der Waals surface area contributed by atoms with Gasteiger partial charge in [0.2, 0.25) is 5.71 Å². The number of rotatable bonds is 5. The van der Waals surface area contributed by atoms with E-state index in [0.717, 1.165) is 44.8 Å². The number of aryl methyl sites for hydroxylation is 1. The van der Waals surface area contributed by atoms with Crippen molar-refractivity contribution >= 4 is 22.1 Å². The van der Waals surface area contributed by atoms with Crippen LogP contribution in [-0.2, 0) is 0 Å². The van der Waals surface area contributed by atoms with Crippen molar-refractivity contribution < 1.29 is 4.42 Å². The molecule has 0 unspecified atom stereocenters. The number of fused-ring (bicyclic) bond motifs is 3. The van der Waals surface area contributed by atoms with Crippen molar-refractivity contribution in [1.29, 1.82) is 0 Å². The highest BCUT2D eigenvalue weighted by atomic mass is 16.3. The fraction of sp³-hybridized carbons (Fsp3) is 0.219. The van der Waals surface area contributed by atoms with Gasteiger partial charge in [-0.1, -0.05) is 64.1 Å². The summed E-state index contributed by atoms with van der Waals surface area (Å²) >= 11 is 0. The normalized spacial score (nSPS) is 11.9. The molecule has 0 amide bonds. The van der Waals surface area contributed by atoms with Crippen molar-refractivity contribution in [3.05, 3.63) is 95.9 Å². The lowest BCUT2D eigenvalue weighted by Crippen LogP contribution is -2.08. The van der Waals surface area contributed by atoms with Crippen molar-refractivity contribution in [3.8, 4) is 28.5 Å². The first kappa shape index (κ1) is 23.2. The second kappa shape index (κ2) is 9.00. The predicted octanol–water partition coefficient (Wildman–Crippen LogP) is 8.45.